The van der Waals surface area contributed by atoms with Crippen molar-refractivity contribution in [2.75, 3.05) is 5.32 Å². The molecule has 0 saturated carbocycles. The van der Waals surface area contributed by atoms with Crippen LogP contribution in [0, 0.1) is 18.6 Å². The Morgan fingerprint density at radius 2 is 1.85 bits per heavy atom. The van der Waals surface area contributed by atoms with Crippen LogP contribution in [0.5, 0.6) is 0 Å². The van der Waals surface area contributed by atoms with Crippen LogP contribution in [0.25, 0.3) is 16.7 Å². The van der Waals surface area contributed by atoms with Crippen molar-refractivity contribution >= 4 is 28.3 Å². The summed E-state index contributed by atoms with van der Waals surface area (Å²) in [7, 11) is 0. The number of anilines is 1. The molecule has 0 fully saturated rings. The Morgan fingerprint density at radius 1 is 1.11 bits per heavy atom. The number of para-hydroxylation sites is 2. The summed E-state index contributed by atoms with van der Waals surface area (Å²) < 4.78 is 29.6. The third-order valence-electron chi connectivity index (χ3n) is 4.18. The van der Waals surface area contributed by atoms with Crippen LogP contribution >= 0.6 is 0 Å². The van der Waals surface area contributed by atoms with Crippen LogP contribution in [0.2, 0.25) is 0 Å². The van der Waals surface area contributed by atoms with Gasteiger partial charge in [-0.2, -0.15) is 0 Å². The molecule has 27 heavy (non-hydrogen) atoms. The fourth-order valence-electron chi connectivity index (χ4n) is 2.98. The first kappa shape index (κ1) is 16.8. The Morgan fingerprint density at radius 3 is 2.59 bits per heavy atom. The lowest BCUT2D eigenvalue weighted by molar-refractivity contribution is -0.116. The van der Waals surface area contributed by atoms with E-state index in [9.17, 15) is 18.4 Å². The number of benzene rings is 2. The number of hydrogen-bond acceptors (Lipinski definition) is 4. The van der Waals surface area contributed by atoms with Gasteiger partial charge in [0, 0.05) is 6.07 Å². The molecule has 1 N–H and O–H groups in total. The van der Waals surface area contributed by atoms with E-state index in [1.165, 1.54) is 4.57 Å². The van der Waals surface area contributed by atoms with Gasteiger partial charge in [0.25, 0.3) is 5.56 Å². The van der Waals surface area contributed by atoms with E-state index in [1.807, 2.05) is 0 Å². The zero-order valence-corrected chi connectivity index (χ0v) is 14.1. The van der Waals surface area contributed by atoms with E-state index in [0.29, 0.717) is 22.9 Å². The zero-order chi connectivity index (χ0) is 19.1. The molecule has 136 valence electrons. The predicted octanol–water partition coefficient (Wildman–Crippen LogP) is 2.27. The summed E-state index contributed by atoms with van der Waals surface area (Å²) >= 11 is 0. The van der Waals surface area contributed by atoms with E-state index >= 15 is 0 Å². The number of halogens is 2. The Hall–Kier alpha value is -3.62. The van der Waals surface area contributed by atoms with Crippen LogP contribution < -0.4 is 10.9 Å². The van der Waals surface area contributed by atoms with Gasteiger partial charge in [-0.1, -0.05) is 12.1 Å². The number of nitrogens with zero attached hydrogens (tertiary/aromatic N) is 4. The van der Waals surface area contributed by atoms with Gasteiger partial charge in [0.2, 0.25) is 11.6 Å². The lowest BCUT2D eigenvalue weighted by Gasteiger charge is -2.12. The van der Waals surface area contributed by atoms with Crippen LogP contribution in [0.3, 0.4) is 0 Å². The Kier molecular flexibility index (Phi) is 3.91. The van der Waals surface area contributed by atoms with Crippen molar-refractivity contribution in [3.05, 3.63) is 70.3 Å². The molecule has 0 radical (unpaired) electrons. The van der Waals surface area contributed by atoms with Gasteiger partial charge in [0.15, 0.2) is 0 Å². The van der Waals surface area contributed by atoms with E-state index in [2.05, 4.69) is 15.5 Å². The molecule has 9 heteroatoms. The molecule has 2 aromatic heterocycles. The first-order valence-corrected chi connectivity index (χ1v) is 8.04. The van der Waals surface area contributed by atoms with Gasteiger partial charge in [0.1, 0.15) is 24.0 Å². The van der Waals surface area contributed by atoms with Crippen molar-refractivity contribution in [2.24, 2.45) is 0 Å². The second kappa shape index (κ2) is 6.27. The number of aromatic nitrogens is 4. The van der Waals surface area contributed by atoms with E-state index in [0.717, 1.165) is 12.1 Å². The number of carbonyl (C=O) groups is 1. The van der Waals surface area contributed by atoms with Crippen LogP contribution in [0.1, 0.15) is 5.82 Å². The molecule has 4 rings (SSSR count). The largest absolute Gasteiger partial charge is 0.322 e. The number of carbonyl (C=O) groups excluding carboxylic acids is 1. The maximum atomic E-state index is 13.7. The molecule has 7 nitrogen and oxygen atoms in total. The lowest BCUT2D eigenvalue weighted by atomic mass is 10.2. The molecule has 4 aromatic rings. The maximum absolute atomic E-state index is 13.7. The standard InChI is InChI=1S/C18H13F2N5O2/c1-10-22-23-17-18(27)24(14-4-2-3-5-15(14)25(10)17)9-16(26)21-13-7-6-11(19)8-12(13)20/h2-8H,9H2,1H3,(H,21,26). The summed E-state index contributed by atoms with van der Waals surface area (Å²) in [4.78, 5) is 25.2. The highest BCUT2D eigenvalue weighted by molar-refractivity contribution is 5.92. The van der Waals surface area contributed by atoms with E-state index in [4.69, 9.17) is 0 Å². The topological polar surface area (TPSA) is 81.3 Å². The normalized spacial score (nSPS) is 11.2. The van der Waals surface area contributed by atoms with Crippen molar-refractivity contribution in [3.63, 3.8) is 0 Å². The Balaban J connectivity index is 1.78. The maximum Gasteiger partial charge on any atom is 0.297 e. The van der Waals surface area contributed by atoms with Crippen molar-refractivity contribution < 1.29 is 13.6 Å². The van der Waals surface area contributed by atoms with Gasteiger partial charge in [-0.15, -0.1) is 10.2 Å². The quantitative estimate of drug-likeness (QED) is 0.601. The van der Waals surface area contributed by atoms with Gasteiger partial charge in [-0.3, -0.25) is 18.6 Å². The predicted molar refractivity (Wildman–Crippen MR) is 94.5 cm³/mol. The smallest absolute Gasteiger partial charge is 0.297 e. The number of rotatable bonds is 3. The molecule has 1 amide bonds. The fraction of sp³-hybridized carbons (Fsp3) is 0.111. The van der Waals surface area contributed by atoms with Crippen molar-refractivity contribution in [1.29, 1.82) is 0 Å². The van der Waals surface area contributed by atoms with E-state index in [-0.39, 0.29) is 17.9 Å². The van der Waals surface area contributed by atoms with Crippen molar-refractivity contribution in [1.82, 2.24) is 19.2 Å². The number of amides is 1. The number of aryl methyl sites for hydroxylation is 1. The van der Waals surface area contributed by atoms with Crippen LogP contribution in [-0.2, 0) is 11.3 Å². The molecule has 0 spiro atoms. The second-order valence-corrected chi connectivity index (χ2v) is 5.96. The van der Waals surface area contributed by atoms with Gasteiger partial charge in [0.05, 0.1) is 16.7 Å². The summed E-state index contributed by atoms with van der Waals surface area (Å²) in [5.74, 6) is -1.74. The molecule has 0 bridgehead atoms. The molecule has 0 unspecified atom stereocenters. The van der Waals surface area contributed by atoms with Crippen molar-refractivity contribution in [2.45, 2.75) is 13.5 Å². The highest BCUT2D eigenvalue weighted by Crippen LogP contribution is 2.17. The third kappa shape index (κ3) is 2.82. The van der Waals surface area contributed by atoms with Gasteiger partial charge < -0.3 is 5.32 Å². The summed E-state index contributed by atoms with van der Waals surface area (Å²) in [5, 5.41) is 10.2. The molecular formula is C18H13F2N5O2. The molecule has 0 saturated heterocycles. The van der Waals surface area contributed by atoms with E-state index < -0.39 is 23.1 Å². The third-order valence-corrected chi connectivity index (χ3v) is 4.18. The number of hydrogen-bond donors (Lipinski definition) is 1. The van der Waals surface area contributed by atoms with Gasteiger partial charge in [-0.05, 0) is 31.2 Å². The summed E-state index contributed by atoms with van der Waals surface area (Å²) in [6, 6.07) is 9.83. The van der Waals surface area contributed by atoms with Crippen molar-refractivity contribution in [3.8, 4) is 0 Å². The minimum Gasteiger partial charge on any atom is -0.322 e. The highest BCUT2D eigenvalue weighted by atomic mass is 19.1. The number of nitrogens with one attached hydrogen (secondary N) is 1. The first-order valence-electron chi connectivity index (χ1n) is 8.04. The average Bonchev–Trinajstić information content (AvgIpc) is 3.03. The zero-order valence-electron chi connectivity index (χ0n) is 14.1. The minimum absolute atomic E-state index is 0.0898. The average molecular weight is 369 g/mol. The Labute approximate surface area is 150 Å². The molecule has 0 aliphatic carbocycles. The molecule has 2 heterocycles. The first-order chi connectivity index (χ1) is 13.0. The Bertz CT molecular complexity index is 1260. The fourth-order valence-corrected chi connectivity index (χ4v) is 2.98. The van der Waals surface area contributed by atoms with Gasteiger partial charge >= 0.3 is 0 Å². The minimum atomic E-state index is -0.899. The summed E-state index contributed by atoms with van der Waals surface area (Å²) in [6.45, 7) is 1.36. The molecule has 0 aliphatic heterocycles. The van der Waals surface area contributed by atoms with Gasteiger partial charge in [-0.25, -0.2) is 8.78 Å². The van der Waals surface area contributed by atoms with E-state index in [1.54, 1.807) is 35.6 Å². The van der Waals surface area contributed by atoms with Crippen LogP contribution in [-0.4, -0.2) is 25.1 Å². The molecule has 0 aliphatic rings. The second-order valence-electron chi connectivity index (χ2n) is 5.96. The lowest BCUT2D eigenvalue weighted by Crippen LogP contribution is -2.29. The molecular weight excluding hydrogens is 356 g/mol. The van der Waals surface area contributed by atoms with Crippen LogP contribution in [0.4, 0.5) is 14.5 Å². The molecule has 2 aromatic carbocycles. The molecule has 0 atom stereocenters. The number of fused-ring (bicyclic) bond motifs is 3. The van der Waals surface area contributed by atoms with Crippen LogP contribution in [0.15, 0.2) is 47.3 Å². The summed E-state index contributed by atoms with van der Waals surface area (Å²) in [6.07, 6.45) is 0. The SMILES string of the molecule is Cc1nnc2c(=O)n(CC(=O)Nc3ccc(F)cc3F)c3ccccc3n12. The monoisotopic (exact) mass is 369 g/mol. The summed E-state index contributed by atoms with van der Waals surface area (Å²) in [5.41, 5.74) is 0.595. The highest BCUT2D eigenvalue weighted by Gasteiger charge is 2.17.